The minimum Gasteiger partial charge on any atom is -0.477 e. The topological polar surface area (TPSA) is 62.5 Å². The summed E-state index contributed by atoms with van der Waals surface area (Å²) in [5.41, 5.74) is 0.121. The Morgan fingerprint density at radius 2 is 2.15 bits per heavy atom. The summed E-state index contributed by atoms with van der Waals surface area (Å²) in [6, 6.07) is 7.02. The SMILES string of the molecule is CC(c1cccs1)N(C)C(=O)Cn1cccc1C(=O)O. The number of amides is 1. The number of rotatable bonds is 5. The van der Waals surface area contributed by atoms with Gasteiger partial charge in [-0.05, 0) is 30.5 Å². The van der Waals surface area contributed by atoms with Gasteiger partial charge < -0.3 is 14.6 Å². The van der Waals surface area contributed by atoms with E-state index in [0.717, 1.165) is 4.88 Å². The molecule has 5 nitrogen and oxygen atoms in total. The summed E-state index contributed by atoms with van der Waals surface area (Å²) in [6.45, 7) is 1.98. The van der Waals surface area contributed by atoms with Crippen LogP contribution < -0.4 is 0 Å². The van der Waals surface area contributed by atoms with E-state index in [2.05, 4.69) is 0 Å². The van der Waals surface area contributed by atoms with Crippen molar-refractivity contribution >= 4 is 23.2 Å². The van der Waals surface area contributed by atoms with Gasteiger partial charge in [-0.25, -0.2) is 4.79 Å². The van der Waals surface area contributed by atoms with Gasteiger partial charge in [-0.2, -0.15) is 0 Å². The summed E-state index contributed by atoms with van der Waals surface area (Å²) in [5, 5.41) is 11.0. The maximum Gasteiger partial charge on any atom is 0.352 e. The molecule has 6 heteroatoms. The molecule has 0 aromatic carbocycles. The fourth-order valence-electron chi connectivity index (χ4n) is 1.94. The minimum absolute atomic E-state index is 0.0219. The number of thiophene rings is 1. The number of likely N-dealkylation sites (N-methyl/N-ethyl adjacent to an activating group) is 1. The summed E-state index contributed by atoms with van der Waals surface area (Å²) < 4.78 is 1.45. The Morgan fingerprint density at radius 3 is 2.75 bits per heavy atom. The van der Waals surface area contributed by atoms with Crippen LogP contribution in [0.5, 0.6) is 0 Å². The van der Waals surface area contributed by atoms with E-state index in [-0.39, 0.29) is 24.2 Å². The predicted octanol–water partition coefficient (Wildman–Crippen LogP) is 2.47. The summed E-state index contributed by atoms with van der Waals surface area (Å²) in [4.78, 5) is 26.0. The zero-order valence-corrected chi connectivity index (χ0v) is 12.1. The van der Waals surface area contributed by atoms with Gasteiger partial charge in [0, 0.05) is 18.1 Å². The molecule has 0 bridgehead atoms. The van der Waals surface area contributed by atoms with E-state index in [1.54, 1.807) is 35.5 Å². The monoisotopic (exact) mass is 292 g/mol. The lowest BCUT2D eigenvalue weighted by Gasteiger charge is -2.24. The van der Waals surface area contributed by atoms with E-state index < -0.39 is 5.97 Å². The van der Waals surface area contributed by atoms with Crippen molar-refractivity contribution in [1.29, 1.82) is 0 Å². The number of nitrogens with zero attached hydrogens (tertiary/aromatic N) is 2. The van der Waals surface area contributed by atoms with Crippen LogP contribution in [0.1, 0.15) is 28.3 Å². The first-order valence-corrected chi connectivity index (χ1v) is 7.06. The highest BCUT2D eigenvalue weighted by molar-refractivity contribution is 7.10. The van der Waals surface area contributed by atoms with Crippen LogP contribution in [-0.4, -0.2) is 33.5 Å². The maximum atomic E-state index is 12.2. The quantitative estimate of drug-likeness (QED) is 0.920. The molecule has 0 aliphatic rings. The smallest absolute Gasteiger partial charge is 0.352 e. The Hall–Kier alpha value is -2.08. The normalized spacial score (nSPS) is 12.1. The molecule has 1 unspecified atom stereocenters. The lowest BCUT2D eigenvalue weighted by molar-refractivity contribution is -0.132. The van der Waals surface area contributed by atoms with Crippen molar-refractivity contribution in [2.24, 2.45) is 0 Å². The molecule has 0 saturated heterocycles. The molecule has 106 valence electrons. The largest absolute Gasteiger partial charge is 0.477 e. The number of carboxylic acid groups (broad SMARTS) is 1. The fraction of sp³-hybridized carbons (Fsp3) is 0.286. The average Bonchev–Trinajstić information content (AvgIpc) is 3.07. The third-order valence-electron chi connectivity index (χ3n) is 3.28. The Morgan fingerprint density at radius 1 is 1.40 bits per heavy atom. The van der Waals surface area contributed by atoms with Crippen molar-refractivity contribution < 1.29 is 14.7 Å². The molecule has 0 radical (unpaired) electrons. The van der Waals surface area contributed by atoms with E-state index in [1.807, 2.05) is 24.4 Å². The Kier molecular flexibility index (Phi) is 4.24. The van der Waals surface area contributed by atoms with Crippen molar-refractivity contribution in [2.45, 2.75) is 19.5 Å². The molecule has 20 heavy (non-hydrogen) atoms. The van der Waals surface area contributed by atoms with Gasteiger partial charge in [-0.15, -0.1) is 11.3 Å². The number of hydrogen-bond acceptors (Lipinski definition) is 3. The van der Waals surface area contributed by atoms with Gasteiger partial charge in [0.15, 0.2) is 0 Å². The van der Waals surface area contributed by atoms with Gasteiger partial charge in [-0.1, -0.05) is 6.07 Å². The first-order valence-electron chi connectivity index (χ1n) is 6.18. The summed E-state index contributed by atoms with van der Waals surface area (Å²) in [7, 11) is 1.73. The fourth-order valence-corrected chi connectivity index (χ4v) is 2.77. The number of hydrogen-bond donors (Lipinski definition) is 1. The van der Waals surface area contributed by atoms with Crippen LogP contribution in [0.2, 0.25) is 0 Å². The summed E-state index contributed by atoms with van der Waals surface area (Å²) in [6.07, 6.45) is 1.60. The van der Waals surface area contributed by atoms with Crippen LogP contribution in [0.3, 0.4) is 0 Å². The molecule has 1 N–H and O–H groups in total. The van der Waals surface area contributed by atoms with E-state index >= 15 is 0 Å². The first-order chi connectivity index (χ1) is 9.50. The lowest BCUT2D eigenvalue weighted by Crippen LogP contribution is -2.32. The zero-order chi connectivity index (χ0) is 14.7. The molecule has 0 aliphatic heterocycles. The Bertz CT molecular complexity index is 604. The first kappa shape index (κ1) is 14.3. The van der Waals surface area contributed by atoms with Crippen LogP contribution >= 0.6 is 11.3 Å². The molecule has 2 aromatic rings. The molecule has 1 amide bonds. The third kappa shape index (κ3) is 2.91. The molecule has 2 rings (SSSR count). The van der Waals surface area contributed by atoms with Gasteiger partial charge in [0.2, 0.25) is 5.91 Å². The van der Waals surface area contributed by atoms with Gasteiger partial charge in [-0.3, -0.25) is 4.79 Å². The average molecular weight is 292 g/mol. The summed E-state index contributed by atoms with van der Waals surface area (Å²) in [5.74, 6) is -1.15. The molecular weight excluding hydrogens is 276 g/mol. The molecule has 0 aliphatic carbocycles. The van der Waals surface area contributed by atoms with Crippen LogP contribution in [0.25, 0.3) is 0 Å². The molecule has 0 spiro atoms. The van der Waals surface area contributed by atoms with Crippen LogP contribution in [0, 0.1) is 0 Å². The molecule has 0 fully saturated rings. The Balaban J connectivity index is 2.08. The number of carbonyl (C=O) groups excluding carboxylic acids is 1. The van der Waals surface area contributed by atoms with Gasteiger partial charge in [0.25, 0.3) is 0 Å². The molecule has 0 saturated carbocycles. The van der Waals surface area contributed by atoms with Crippen molar-refractivity contribution in [2.75, 3.05) is 7.05 Å². The molecular formula is C14H16N2O3S. The standard InChI is InChI=1S/C14H16N2O3S/c1-10(12-6-4-8-20-12)15(2)13(17)9-16-7-3-5-11(16)14(18)19/h3-8,10H,9H2,1-2H3,(H,18,19). The van der Waals surface area contributed by atoms with Crippen LogP contribution in [-0.2, 0) is 11.3 Å². The maximum absolute atomic E-state index is 12.2. The Labute approximate surface area is 121 Å². The number of aromatic nitrogens is 1. The predicted molar refractivity (Wildman–Crippen MR) is 76.9 cm³/mol. The second-order valence-electron chi connectivity index (χ2n) is 4.52. The van der Waals surface area contributed by atoms with Crippen molar-refractivity contribution in [1.82, 2.24) is 9.47 Å². The van der Waals surface area contributed by atoms with Gasteiger partial charge >= 0.3 is 5.97 Å². The van der Waals surface area contributed by atoms with Crippen molar-refractivity contribution in [3.05, 3.63) is 46.4 Å². The second kappa shape index (κ2) is 5.92. The number of carbonyl (C=O) groups is 2. The van der Waals surface area contributed by atoms with Crippen molar-refractivity contribution in [3.8, 4) is 0 Å². The molecule has 1 atom stereocenters. The van der Waals surface area contributed by atoms with Crippen LogP contribution in [0.4, 0.5) is 0 Å². The number of aromatic carboxylic acids is 1. The van der Waals surface area contributed by atoms with E-state index in [0.29, 0.717) is 0 Å². The minimum atomic E-state index is -1.03. The highest BCUT2D eigenvalue weighted by atomic mass is 32.1. The van der Waals surface area contributed by atoms with Gasteiger partial charge in [0.1, 0.15) is 12.2 Å². The highest BCUT2D eigenvalue weighted by Gasteiger charge is 2.20. The van der Waals surface area contributed by atoms with Crippen LogP contribution in [0.15, 0.2) is 35.8 Å². The molecule has 2 heterocycles. The van der Waals surface area contributed by atoms with E-state index in [9.17, 15) is 9.59 Å². The van der Waals surface area contributed by atoms with Gasteiger partial charge in [0.05, 0.1) is 6.04 Å². The zero-order valence-electron chi connectivity index (χ0n) is 11.3. The second-order valence-corrected chi connectivity index (χ2v) is 5.50. The lowest BCUT2D eigenvalue weighted by atomic mass is 10.2. The number of carboxylic acids is 1. The third-order valence-corrected chi connectivity index (χ3v) is 4.33. The summed E-state index contributed by atoms with van der Waals surface area (Å²) >= 11 is 1.60. The van der Waals surface area contributed by atoms with E-state index in [1.165, 1.54) is 10.6 Å². The molecule has 2 aromatic heterocycles. The highest BCUT2D eigenvalue weighted by Crippen LogP contribution is 2.23. The van der Waals surface area contributed by atoms with E-state index in [4.69, 9.17) is 5.11 Å². The van der Waals surface area contributed by atoms with Crippen molar-refractivity contribution in [3.63, 3.8) is 0 Å².